The molecule has 0 aliphatic carbocycles. The molecule has 0 fully saturated rings. The van der Waals surface area contributed by atoms with E-state index < -0.39 is 0 Å². The van der Waals surface area contributed by atoms with Gasteiger partial charge in [0.1, 0.15) is 0 Å². The molecule has 0 aliphatic heterocycles. The largest absolute Gasteiger partial charge is 0.411 e. The number of hydrogen-bond donors (Lipinski definition) is 2. The first-order chi connectivity index (χ1) is 8.62. The predicted molar refractivity (Wildman–Crippen MR) is 73.1 cm³/mol. The van der Waals surface area contributed by atoms with Crippen molar-refractivity contribution in [1.29, 1.82) is 0 Å². The fraction of sp³-hybridized carbons (Fsp3) is 0.429. The highest BCUT2D eigenvalue weighted by Crippen LogP contribution is 2.14. The number of nitrogens with one attached hydrogen (secondary N) is 1. The molecule has 0 heterocycles. The van der Waals surface area contributed by atoms with Gasteiger partial charge in [0.25, 0.3) is 0 Å². The Labute approximate surface area is 108 Å². The standard InChI is InChI=1S/C14H20N2O2/c1-4-11(5-2)14(17)15-13-8-6-12(7-9-13)10(3)16-18/h6-9,11,18H,4-5H2,1-3H3,(H,15,17)/b16-10+. The molecular formula is C14H20N2O2. The van der Waals surface area contributed by atoms with E-state index in [-0.39, 0.29) is 11.8 Å². The van der Waals surface area contributed by atoms with Crippen molar-refractivity contribution >= 4 is 17.3 Å². The third kappa shape index (κ3) is 3.58. The summed E-state index contributed by atoms with van der Waals surface area (Å²) in [5, 5.41) is 14.7. The van der Waals surface area contributed by atoms with Gasteiger partial charge < -0.3 is 10.5 Å². The second-order valence-corrected chi connectivity index (χ2v) is 4.27. The minimum absolute atomic E-state index is 0.0558. The second kappa shape index (κ2) is 6.79. The third-order valence-electron chi connectivity index (χ3n) is 3.08. The first kappa shape index (κ1) is 14.2. The van der Waals surface area contributed by atoms with E-state index in [0.29, 0.717) is 5.71 Å². The zero-order chi connectivity index (χ0) is 13.5. The molecule has 2 N–H and O–H groups in total. The Balaban J connectivity index is 2.72. The number of rotatable bonds is 5. The van der Waals surface area contributed by atoms with Crippen molar-refractivity contribution in [2.75, 3.05) is 5.32 Å². The van der Waals surface area contributed by atoms with Crippen LogP contribution in [0.5, 0.6) is 0 Å². The van der Waals surface area contributed by atoms with Gasteiger partial charge in [-0.05, 0) is 37.5 Å². The molecule has 1 amide bonds. The zero-order valence-corrected chi connectivity index (χ0v) is 11.1. The van der Waals surface area contributed by atoms with E-state index in [1.807, 2.05) is 38.1 Å². The Kier molecular flexibility index (Phi) is 5.36. The van der Waals surface area contributed by atoms with Crippen LogP contribution < -0.4 is 5.32 Å². The highest BCUT2D eigenvalue weighted by molar-refractivity contribution is 5.99. The molecule has 0 spiro atoms. The van der Waals surface area contributed by atoms with Crippen LogP contribution >= 0.6 is 0 Å². The van der Waals surface area contributed by atoms with Crippen molar-refractivity contribution in [3.63, 3.8) is 0 Å². The van der Waals surface area contributed by atoms with E-state index in [9.17, 15) is 4.79 Å². The first-order valence-electron chi connectivity index (χ1n) is 6.22. The van der Waals surface area contributed by atoms with Crippen LogP contribution in [0.25, 0.3) is 0 Å². The fourth-order valence-electron chi connectivity index (χ4n) is 1.76. The second-order valence-electron chi connectivity index (χ2n) is 4.27. The lowest BCUT2D eigenvalue weighted by atomic mass is 10.0. The Hall–Kier alpha value is -1.84. The lowest BCUT2D eigenvalue weighted by molar-refractivity contribution is -0.120. The van der Waals surface area contributed by atoms with Crippen LogP contribution in [0.1, 0.15) is 39.2 Å². The zero-order valence-electron chi connectivity index (χ0n) is 11.1. The number of oxime groups is 1. The molecule has 0 saturated carbocycles. The Bertz CT molecular complexity index is 420. The van der Waals surface area contributed by atoms with E-state index in [4.69, 9.17) is 5.21 Å². The first-order valence-corrected chi connectivity index (χ1v) is 6.22. The Morgan fingerprint density at radius 1 is 1.28 bits per heavy atom. The van der Waals surface area contributed by atoms with Gasteiger partial charge in [0, 0.05) is 11.6 Å². The number of amides is 1. The van der Waals surface area contributed by atoms with Crippen LogP contribution in [0.2, 0.25) is 0 Å². The SMILES string of the molecule is CCC(CC)C(=O)Nc1ccc(/C(C)=N/O)cc1. The van der Waals surface area contributed by atoms with E-state index in [1.54, 1.807) is 6.92 Å². The van der Waals surface area contributed by atoms with E-state index in [0.717, 1.165) is 24.1 Å². The number of hydrogen-bond acceptors (Lipinski definition) is 3. The van der Waals surface area contributed by atoms with Crippen molar-refractivity contribution in [2.24, 2.45) is 11.1 Å². The topological polar surface area (TPSA) is 61.7 Å². The molecule has 4 heteroatoms. The maximum absolute atomic E-state index is 11.9. The molecule has 0 aromatic heterocycles. The van der Waals surface area contributed by atoms with Crippen LogP contribution in [0, 0.1) is 5.92 Å². The molecule has 1 aromatic rings. The van der Waals surface area contributed by atoms with Crippen molar-refractivity contribution in [3.8, 4) is 0 Å². The van der Waals surface area contributed by atoms with Gasteiger partial charge in [-0.15, -0.1) is 0 Å². The number of benzene rings is 1. The van der Waals surface area contributed by atoms with Crippen molar-refractivity contribution < 1.29 is 10.0 Å². The normalized spacial score (nSPS) is 11.7. The summed E-state index contributed by atoms with van der Waals surface area (Å²) >= 11 is 0. The van der Waals surface area contributed by atoms with Gasteiger partial charge in [-0.2, -0.15) is 0 Å². The van der Waals surface area contributed by atoms with Crippen LogP contribution in [-0.2, 0) is 4.79 Å². The summed E-state index contributed by atoms with van der Waals surface area (Å²) in [6.45, 7) is 5.74. The number of anilines is 1. The maximum Gasteiger partial charge on any atom is 0.227 e. The molecular weight excluding hydrogens is 228 g/mol. The average molecular weight is 248 g/mol. The third-order valence-corrected chi connectivity index (χ3v) is 3.08. The molecule has 0 aliphatic rings. The summed E-state index contributed by atoms with van der Waals surface area (Å²) in [6.07, 6.45) is 1.69. The minimum Gasteiger partial charge on any atom is -0.411 e. The molecule has 0 bridgehead atoms. The quantitative estimate of drug-likeness (QED) is 0.477. The van der Waals surface area contributed by atoms with E-state index in [1.165, 1.54) is 0 Å². The monoisotopic (exact) mass is 248 g/mol. The molecule has 0 saturated heterocycles. The van der Waals surface area contributed by atoms with Crippen molar-refractivity contribution in [1.82, 2.24) is 0 Å². The smallest absolute Gasteiger partial charge is 0.227 e. The number of carbonyl (C=O) groups is 1. The van der Waals surface area contributed by atoms with Gasteiger partial charge in [0.15, 0.2) is 0 Å². The summed E-state index contributed by atoms with van der Waals surface area (Å²) in [5.74, 6) is 0.116. The molecule has 0 unspecified atom stereocenters. The minimum atomic E-state index is 0.0558. The summed E-state index contributed by atoms with van der Waals surface area (Å²) in [7, 11) is 0. The highest BCUT2D eigenvalue weighted by Gasteiger charge is 2.13. The maximum atomic E-state index is 11.9. The van der Waals surface area contributed by atoms with Gasteiger partial charge in [-0.25, -0.2) is 0 Å². The lowest BCUT2D eigenvalue weighted by Gasteiger charge is -2.12. The average Bonchev–Trinajstić information content (AvgIpc) is 2.40. The fourth-order valence-corrected chi connectivity index (χ4v) is 1.76. The van der Waals surface area contributed by atoms with Gasteiger partial charge in [-0.1, -0.05) is 31.1 Å². The molecule has 0 atom stereocenters. The molecule has 4 nitrogen and oxygen atoms in total. The van der Waals surface area contributed by atoms with Gasteiger partial charge in [0.05, 0.1) is 5.71 Å². The Morgan fingerprint density at radius 3 is 2.28 bits per heavy atom. The van der Waals surface area contributed by atoms with Crippen molar-refractivity contribution in [2.45, 2.75) is 33.6 Å². The predicted octanol–water partition coefficient (Wildman–Crippen LogP) is 3.26. The van der Waals surface area contributed by atoms with Crippen LogP contribution in [-0.4, -0.2) is 16.8 Å². The number of carbonyl (C=O) groups excluding carboxylic acids is 1. The summed E-state index contributed by atoms with van der Waals surface area (Å²) in [4.78, 5) is 11.9. The van der Waals surface area contributed by atoms with Gasteiger partial charge >= 0.3 is 0 Å². The Morgan fingerprint density at radius 2 is 1.83 bits per heavy atom. The highest BCUT2D eigenvalue weighted by atomic mass is 16.4. The van der Waals surface area contributed by atoms with Gasteiger partial charge in [-0.3, -0.25) is 4.79 Å². The van der Waals surface area contributed by atoms with E-state index >= 15 is 0 Å². The van der Waals surface area contributed by atoms with Gasteiger partial charge in [0.2, 0.25) is 5.91 Å². The number of nitrogens with zero attached hydrogens (tertiary/aromatic N) is 1. The molecule has 18 heavy (non-hydrogen) atoms. The van der Waals surface area contributed by atoms with Crippen LogP contribution in [0.4, 0.5) is 5.69 Å². The van der Waals surface area contributed by atoms with Crippen LogP contribution in [0.3, 0.4) is 0 Å². The molecule has 0 radical (unpaired) electrons. The van der Waals surface area contributed by atoms with Crippen LogP contribution in [0.15, 0.2) is 29.4 Å². The van der Waals surface area contributed by atoms with E-state index in [2.05, 4.69) is 10.5 Å². The molecule has 98 valence electrons. The molecule has 1 rings (SSSR count). The summed E-state index contributed by atoms with van der Waals surface area (Å²) in [5.41, 5.74) is 2.15. The summed E-state index contributed by atoms with van der Waals surface area (Å²) < 4.78 is 0. The lowest BCUT2D eigenvalue weighted by Crippen LogP contribution is -2.21. The molecule has 1 aromatic carbocycles. The summed E-state index contributed by atoms with van der Waals surface area (Å²) in [6, 6.07) is 7.25. The van der Waals surface area contributed by atoms with Crippen molar-refractivity contribution in [3.05, 3.63) is 29.8 Å².